The SMILES string of the molecule is CCCCCCCCCCCCCCCCCCP(=O)(OO)Oc1ccccc1. The normalized spacial score (nSPS) is 13.3. The van der Waals surface area contributed by atoms with E-state index in [2.05, 4.69) is 11.6 Å². The lowest BCUT2D eigenvalue weighted by Gasteiger charge is -2.15. The zero-order valence-corrected chi connectivity index (χ0v) is 19.4. The van der Waals surface area contributed by atoms with E-state index in [1.54, 1.807) is 24.3 Å². The summed E-state index contributed by atoms with van der Waals surface area (Å²) in [5.74, 6) is 0.460. The van der Waals surface area contributed by atoms with Crippen LogP contribution in [0.2, 0.25) is 0 Å². The number of para-hydroxylation sites is 1. The minimum absolute atomic E-state index is 0.247. The lowest BCUT2D eigenvalue weighted by Crippen LogP contribution is -2.01. The molecule has 0 aliphatic carbocycles. The smallest absolute Gasteiger partial charge is 0.405 e. The van der Waals surface area contributed by atoms with Gasteiger partial charge in [0.05, 0.1) is 6.16 Å². The van der Waals surface area contributed by atoms with Crippen LogP contribution in [0.4, 0.5) is 0 Å². The highest BCUT2D eigenvalue weighted by atomic mass is 31.2. The summed E-state index contributed by atoms with van der Waals surface area (Å²) in [5, 5.41) is 8.98. The van der Waals surface area contributed by atoms with Crippen LogP contribution in [0.5, 0.6) is 5.75 Å². The third-order valence-electron chi connectivity index (χ3n) is 5.40. The summed E-state index contributed by atoms with van der Waals surface area (Å²) in [7, 11) is -3.45. The molecule has 0 aliphatic rings. The Labute approximate surface area is 178 Å². The minimum Gasteiger partial charge on any atom is -0.423 e. The molecule has 1 aromatic rings. The van der Waals surface area contributed by atoms with Crippen molar-refractivity contribution in [2.45, 2.75) is 110 Å². The van der Waals surface area contributed by atoms with Gasteiger partial charge in [-0.25, -0.2) is 9.82 Å². The molecule has 0 spiro atoms. The monoisotopic (exact) mass is 426 g/mol. The van der Waals surface area contributed by atoms with Gasteiger partial charge in [-0.3, -0.25) is 0 Å². The molecule has 0 saturated carbocycles. The Kier molecular flexibility index (Phi) is 16.2. The van der Waals surface area contributed by atoms with Crippen molar-refractivity contribution in [2.24, 2.45) is 0 Å². The average molecular weight is 427 g/mol. The number of hydrogen-bond donors (Lipinski definition) is 1. The third kappa shape index (κ3) is 14.7. The van der Waals surface area contributed by atoms with Gasteiger partial charge in [0.25, 0.3) is 0 Å². The summed E-state index contributed by atoms with van der Waals surface area (Å²) < 4.78 is 22.0. The van der Waals surface area contributed by atoms with Gasteiger partial charge in [0.1, 0.15) is 5.75 Å². The highest BCUT2D eigenvalue weighted by Crippen LogP contribution is 2.48. The van der Waals surface area contributed by atoms with Gasteiger partial charge in [-0.15, -0.1) is 4.67 Å². The lowest BCUT2D eigenvalue weighted by molar-refractivity contribution is -0.144. The first-order chi connectivity index (χ1) is 14.2. The van der Waals surface area contributed by atoms with E-state index < -0.39 is 7.60 Å². The van der Waals surface area contributed by atoms with Crippen molar-refractivity contribution in [3.8, 4) is 5.75 Å². The van der Waals surface area contributed by atoms with Crippen LogP contribution in [0.15, 0.2) is 30.3 Å². The Morgan fingerprint density at radius 1 is 0.690 bits per heavy atom. The zero-order valence-electron chi connectivity index (χ0n) is 18.5. The second-order valence-electron chi connectivity index (χ2n) is 8.12. The summed E-state index contributed by atoms with van der Waals surface area (Å²) >= 11 is 0. The van der Waals surface area contributed by atoms with Crippen LogP contribution >= 0.6 is 7.60 Å². The van der Waals surface area contributed by atoms with Gasteiger partial charge >= 0.3 is 7.60 Å². The van der Waals surface area contributed by atoms with Gasteiger partial charge in [-0.1, -0.05) is 121 Å². The van der Waals surface area contributed by atoms with E-state index in [0.29, 0.717) is 5.75 Å². The summed E-state index contributed by atoms with van der Waals surface area (Å²) in [4.78, 5) is 0. The molecule has 0 amide bonds. The molecule has 1 rings (SSSR count). The lowest BCUT2D eigenvalue weighted by atomic mass is 10.0. The summed E-state index contributed by atoms with van der Waals surface area (Å²) in [5.41, 5.74) is 0. The van der Waals surface area contributed by atoms with Crippen LogP contribution in [-0.4, -0.2) is 11.4 Å². The topological polar surface area (TPSA) is 55.8 Å². The Bertz CT molecular complexity index is 521. The van der Waals surface area contributed by atoms with E-state index >= 15 is 0 Å². The van der Waals surface area contributed by atoms with Gasteiger partial charge in [0, 0.05) is 0 Å². The first-order valence-corrected chi connectivity index (χ1v) is 13.6. The minimum atomic E-state index is -3.45. The first-order valence-electron chi connectivity index (χ1n) is 11.9. The van der Waals surface area contributed by atoms with Crippen molar-refractivity contribution in [3.63, 3.8) is 0 Å². The summed E-state index contributed by atoms with van der Waals surface area (Å²) in [6.45, 7) is 2.27. The fraction of sp³-hybridized carbons (Fsp3) is 0.750. The molecule has 4 nitrogen and oxygen atoms in total. The van der Waals surface area contributed by atoms with Gasteiger partial charge in [0.15, 0.2) is 0 Å². The quantitative estimate of drug-likeness (QED) is 0.0978. The maximum atomic E-state index is 12.4. The second kappa shape index (κ2) is 18.0. The van der Waals surface area contributed by atoms with Crippen LogP contribution in [-0.2, 0) is 9.24 Å². The van der Waals surface area contributed by atoms with Gasteiger partial charge in [0.2, 0.25) is 0 Å². The van der Waals surface area contributed by atoms with E-state index in [4.69, 9.17) is 9.78 Å². The Morgan fingerprint density at radius 3 is 1.52 bits per heavy atom. The molecule has 0 bridgehead atoms. The predicted molar refractivity (Wildman–Crippen MR) is 123 cm³/mol. The molecule has 29 heavy (non-hydrogen) atoms. The Morgan fingerprint density at radius 2 is 1.10 bits per heavy atom. The fourth-order valence-electron chi connectivity index (χ4n) is 3.60. The van der Waals surface area contributed by atoms with Crippen LogP contribution in [0.25, 0.3) is 0 Å². The number of unbranched alkanes of at least 4 members (excludes halogenated alkanes) is 15. The Balaban J connectivity index is 1.89. The predicted octanol–water partition coefficient (Wildman–Crippen LogP) is 9.01. The van der Waals surface area contributed by atoms with Crippen LogP contribution in [0.3, 0.4) is 0 Å². The molecule has 0 radical (unpaired) electrons. The van der Waals surface area contributed by atoms with Gasteiger partial charge in [-0.2, -0.15) is 0 Å². The maximum absolute atomic E-state index is 12.4. The van der Waals surface area contributed by atoms with Crippen molar-refractivity contribution in [1.82, 2.24) is 0 Å². The molecule has 5 heteroatoms. The van der Waals surface area contributed by atoms with Crippen molar-refractivity contribution >= 4 is 7.60 Å². The highest BCUT2D eigenvalue weighted by molar-refractivity contribution is 7.54. The average Bonchev–Trinajstić information content (AvgIpc) is 2.74. The van der Waals surface area contributed by atoms with Gasteiger partial charge in [-0.05, 0) is 18.6 Å². The number of rotatable bonds is 20. The maximum Gasteiger partial charge on any atom is 0.405 e. The molecule has 1 atom stereocenters. The molecule has 168 valence electrons. The van der Waals surface area contributed by atoms with Crippen LogP contribution < -0.4 is 4.52 Å². The molecule has 0 heterocycles. The molecule has 0 fully saturated rings. The molecule has 0 aromatic heterocycles. The molecule has 0 aliphatic heterocycles. The molecule has 1 aromatic carbocycles. The third-order valence-corrected chi connectivity index (χ3v) is 7.00. The molecule has 1 N–H and O–H groups in total. The van der Waals surface area contributed by atoms with E-state index in [1.165, 1.54) is 83.5 Å². The van der Waals surface area contributed by atoms with E-state index in [1.807, 2.05) is 6.07 Å². The molecular formula is C24H43O4P. The molecular weight excluding hydrogens is 383 g/mol. The largest absolute Gasteiger partial charge is 0.423 e. The van der Waals surface area contributed by atoms with E-state index in [9.17, 15) is 4.57 Å². The van der Waals surface area contributed by atoms with Crippen LogP contribution in [0, 0.1) is 0 Å². The number of hydrogen-bond acceptors (Lipinski definition) is 4. The number of benzene rings is 1. The van der Waals surface area contributed by atoms with Crippen LogP contribution in [0.1, 0.15) is 110 Å². The van der Waals surface area contributed by atoms with Crippen molar-refractivity contribution < 1.29 is 19.0 Å². The van der Waals surface area contributed by atoms with Crippen molar-refractivity contribution in [3.05, 3.63) is 30.3 Å². The van der Waals surface area contributed by atoms with Crippen molar-refractivity contribution in [2.75, 3.05) is 6.16 Å². The molecule has 0 saturated heterocycles. The second-order valence-corrected chi connectivity index (χ2v) is 10.1. The summed E-state index contributed by atoms with van der Waals surface area (Å²) in [6.07, 6.45) is 20.9. The Hall–Kier alpha value is -0.830. The summed E-state index contributed by atoms with van der Waals surface area (Å²) in [6, 6.07) is 8.86. The zero-order chi connectivity index (χ0) is 21.0. The molecule has 1 unspecified atom stereocenters. The van der Waals surface area contributed by atoms with E-state index in [0.717, 1.165) is 19.3 Å². The first kappa shape index (κ1) is 26.2. The van der Waals surface area contributed by atoms with E-state index in [-0.39, 0.29) is 6.16 Å². The van der Waals surface area contributed by atoms with Crippen molar-refractivity contribution in [1.29, 1.82) is 0 Å². The highest BCUT2D eigenvalue weighted by Gasteiger charge is 2.25. The van der Waals surface area contributed by atoms with Gasteiger partial charge < -0.3 is 4.52 Å². The fourth-order valence-corrected chi connectivity index (χ4v) is 4.86. The standard InChI is InChI=1S/C24H43O4P/c1-2-3-4-5-6-7-8-9-10-11-12-13-14-15-16-20-23-29(26,28-25)27-24-21-18-17-19-22-24/h17-19,21-22,25H,2-16,20,23H2,1H3.